The number of rotatable bonds is 2. The van der Waals surface area contributed by atoms with Crippen molar-refractivity contribution in [2.24, 2.45) is 5.10 Å². The van der Waals surface area contributed by atoms with E-state index >= 15 is 0 Å². The Kier molecular flexibility index (Phi) is 4.31. The van der Waals surface area contributed by atoms with Crippen molar-refractivity contribution in [2.75, 3.05) is 12.1 Å². The van der Waals surface area contributed by atoms with E-state index in [-0.39, 0.29) is 5.56 Å². The summed E-state index contributed by atoms with van der Waals surface area (Å²) in [6.07, 6.45) is 1.61. The van der Waals surface area contributed by atoms with Gasteiger partial charge in [0.2, 0.25) is 0 Å². The lowest BCUT2D eigenvalue weighted by atomic mass is 9.93. The molecule has 0 bridgehead atoms. The lowest BCUT2D eigenvalue weighted by Gasteiger charge is -2.22. The minimum Gasteiger partial charge on any atom is -0.267 e. The number of aryl methyl sites for hydroxylation is 1. The van der Waals surface area contributed by atoms with E-state index in [2.05, 4.69) is 15.3 Å². The predicted octanol–water partition coefficient (Wildman–Crippen LogP) is 1.62. The first-order chi connectivity index (χ1) is 10.5. The molecule has 0 aliphatic carbocycles. The Morgan fingerprint density at radius 2 is 2.27 bits per heavy atom. The van der Waals surface area contributed by atoms with Crippen LogP contribution in [0.3, 0.4) is 0 Å². The Bertz CT molecular complexity index is 806. The zero-order chi connectivity index (χ0) is 15.7. The van der Waals surface area contributed by atoms with E-state index in [1.165, 1.54) is 17.3 Å². The predicted molar refractivity (Wildman–Crippen MR) is 94.4 cm³/mol. The van der Waals surface area contributed by atoms with Gasteiger partial charge in [-0.05, 0) is 18.1 Å². The van der Waals surface area contributed by atoms with Gasteiger partial charge in [0.05, 0.1) is 11.9 Å². The molecule has 0 atom stereocenters. The van der Waals surface area contributed by atoms with E-state index in [0.29, 0.717) is 4.90 Å². The minimum atomic E-state index is -0.189. The van der Waals surface area contributed by atoms with Gasteiger partial charge in [-0.2, -0.15) is 10.2 Å². The third kappa shape index (κ3) is 3.07. The second kappa shape index (κ2) is 6.22. The van der Waals surface area contributed by atoms with Gasteiger partial charge < -0.3 is 0 Å². The van der Waals surface area contributed by atoms with Gasteiger partial charge in [0, 0.05) is 12.8 Å². The van der Waals surface area contributed by atoms with Crippen LogP contribution in [-0.2, 0) is 5.75 Å². The van der Waals surface area contributed by atoms with Gasteiger partial charge in [-0.3, -0.25) is 9.80 Å². The van der Waals surface area contributed by atoms with E-state index in [9.17, 15) is 4.79 Å². The molecule has 0 saturated carbocycles. The number of hydrogen-bond donors (Lipinski definition) is 1. The number of aromatic nitrogens is 2. The molecule has 5 nitrogen and oxygen atoms in total. The van der Waals surface area contributed by atoms with E-state index < -0.39 is 0 Å². The van der Waals surface area contributed by atoms with Gasteiger partial charge in [-0.1, -0.05) is 47.2 Å². The van der Waals surface area contributed by atoms with Crippen molar-refractivity contribution in [3.8, 4) is 0 Å². The van der Waals surface area contributed by atoms with Crippen LogP contribution in [0.4, 0.5) is 5.69 Å². The van der Waals surface area contributed by atoms with Crippen LogP contribution in [0, 0.1) is 6.92 Å². The van der Waals surface area contributed by atoms with Crippen LogP contribution in [-0.4, -0.2) is 29.5 Å². The zero-order valence-corrected chi connectivity index (χ0v) is 13.8. The molecule has 0 amide bonds. The molecule has 22 heavy (non-hydrogen) atoms. The Morgan fingerprint density at radius 3 is 3.05 bits per heavy atom. The Morgan fingerprint density at radius 1 is 1.45 bits per heavy atom. The Balaban J connectivity index is 1.77. The summed E-state index contributed by atoms with van der Waals surface area (Å²) >= 11 is 2.98. The number of anilines is 1. The molecule has 110 valence electrons. The molecule has 2 heterocycles. The molecular weight excluding hydrogens is 315 g/mol. The molecule has 1 aliphatic heterocycles. The lowest BCUT2D eigenvalue weighted by molar-refractivity contribution is 0.899. The van der Waals surface area contributed by atoms with E-state index in [1.807, 2.05) is 32.2 Å². The maximum Gasteiger partial charge on any atom is 0.280 e. The number of nitrogens with zero attached hydrogens (tertiary/aromatic N) is 3. The number of H-pyrrole nitrogens is 1. The van der Waals surface area contributed by atoms with Crippen molar-refractivity contribution < 1.29 is 0 Å². The average Bonchev–Trinajstić information content (AvgIpc) is 2.47. The summed E-state index contributed by atoms with van der Waals surface area (Å²) in [5.74, 6) is 0.782. The highest BCUT2D eigenvalue weighted by atomic mass is 32.2. The number of benzene rings is 1. The van der Waals surface area contributed by atoms with Crippen LogP contribution in [0.2, 0.25) is 0 Å². The Labute approximate surface area is 138 Å². The fraction of sp³-hybridized carbons (Fsp3) is 0.214. The highest BCUT2D eigenvalue weighted by Gasteiger charge is 2.21. The number of fused-ring (bicyclic) bond motifs is 1. The topological polar surface area (TPSA) is 61.4 Å². The molecule has 1 aliphatic rings. The molecule has 2 aromatic rings. The maximum atomic E-state index is 11.9. The molecule has 0 saturated heterocycles. The van der Waals surface area contributed by atoms with Gasteiger partial charge in [0.1, 0.15) is 12.7 Å². The lowest BCUT2D eigenvalue weighted by Crippen LogP contribution is -2.22. The number of hydrogen-bond acceptors (Lipinski definition) is 6. The Hall–Kier alpha value is -1.67. The van der Waals surface area contributed by atoms with Crippen molar-refractivity contribution >= 4 is 46.9 Å². The van der Waals surface area contributed by atoms with Crippen molar-refractivity contribution in [1.29, 1.82) is 0 Å². The third-order valence-corrected chi connectivity index (χ3v) is 5.52. The highest BCUT2D eigenvalue weighted by Crippen LogP contribution is 2.36. The molecular formula is C14H13BN4OS2. The van der Waals surface area contributed by atoms with Crippen LogP contribution >= 0.6 is 23.5 Å². The van der Waals surface area contributed by atoms with Crippen molar-refractivity contribution in [2.45, 2.75) is 17.6 Å². The van der Waals surface area contributed by atoms with Gasteiger partial charge in [-0.25, -0.2) is 5.10 Å². The number of hydrazone groups is 1. The highest BCUT2D eigenvalue weighted by molar-refractivity contribution is 8.38. The van der Waals surface area contributed by atoms with Crippen LogP contribution < -0.4 is 16.0 Å². The van der Waals surface area contributed by atoms with Crippen LogP contribution in [0.15, 0.2) is 39.2 Å². The van der Waals surface area contributed by atoms with Gasteiger partial charge in [-0.15, -0.1) is 0 Å². The molecule has 3 rings (SSSR count). The monoisotopic (exact) mass is 328 g/mol. The smallest absolute Gasteiger partial charge is 0.267 e. The largest absolute Gasteiger partial charge is 0.280 e. The maximum absolute atomic E-state index is 11.9. The first-order valence-corrected chi connectivity index (χ1v) is 8.40. The standard InChI is InChI=1S/C14H13BN4OS2/c1-8-5-10(15)4-3-9(8)7-21-14-18-19(2)11-6-16-17-13(20)12(11)22-14/h3-6H,7H2,1-2H3,(H,17,20). The summed E-state index contributed by atoms with van der Waals surface area (Å²) in [4.78, 5) is 12.5. The third-order valence-electron chi connectivity index (χ3n) is 3.28. The molecule has 0 fully saturated rings. The minimum absolute atomic E-state index is 0.189. The van der Waals surface area contributed by atoms with Gasteiger partial charge in [0.15, 0.2) is 4.38 Å². The summed E-state index contributed by atoms with van der Waals surface area (Å²) in [5.41, 5.74) is 3.67. The molecule has 0 unspecified atom stereocenters. The first kappa shape index (κ1) is 15.2. The summed E-state index contributed by atoms with van der Waals surface area (Å²) in [7, 11) is 7.58. The van der Waals surface area contributed by atoms with Crippen molar-refractivity contribution in [3.05, 3.63) is 45.9 Å². The average molecular weight is 328 g/mol. The van der Waals surface area contributed by atoms with Crippen LogP contribution in [0.1, 0.15) is 11.1 Å². The van der Waals surface area contributed by atoms with Gasteiger partial charge >= 0.3 is 0 Å². The quantitative estimate of drug-likeness (QED) is 0.849. The summed E-state index contributed by atoms with van der Waals surface area (Å²) < 4.78 is 0.836. The van der Waals surface area contributed by atoms with Crippen molar-refractivity contribution in [1.82, 2.24) is 10.2 Å². The van der Waals surface area contributed by atoms with E-state index in [0.717, 1.165) is 26.8 Å². The molecule has 2 radical (unpaired) electrons. The SMILES string of the molecule is [B]c1ccc(CSC2=NN(C)c3cn[nH]c(=O)c3S2)c(C)c1. The van der Waals surface area contributed by atoms with Crippen LogP contribution in [0.25, 0.3) is 0 Å². The number of aromatic amines is 1. The summed E-state index contributed by atoms with van der Waals surface area (Å²) in [5, 5.41) is 12.4. The molecule has 0 spiro atoms. The van der Waals surface area contributed by atoms with Gasteiger partial charge in [0.25, 0.3) is 5.56 Å². The number of thioether (sulfide) groups is 2. The molecule has 1 aromatic heterocycles. The van der Waals surface area contributed by atoms with Crippen LogP contribution in [0.5, 0.6) is 0 Å². The molecule has 1 N–H and O–H groups in total. The van der Waals surface area contributed by atoms with E-state index in [4.69, 9.17) is 7.85 Å². The zero-order valence-electron chi connectivity index (χ0n) is 12.2. The van der Waals surface area contributed by atoms with E-state index in [1.54, 1.807) is 23.0 Å². The first-order valence-electron chi connectivity index (χ1n) is 6.60. The second-order valence-electron chi connectivity index (χ2n) is 4.88. The summed E-state index contributed by atoms with van der Waals surface area (Å²) in [6.45, 7) is 2.04. The normalized spacial score (nSPS) is 13.7. The number of nitrogens with one attached hydrogen (secondary N) is 1. The van der Waals surface area contributed by atoms with Crippen molar-refractivity contribution in [3.63, 3.8) is 0 Å². The fourth-order valence-electron chi connectivity index (χ4n) is 2.07. The molecule has 8 heteroatoms. The fourth-order valence-corrected chi connectivity index (χ4v) is 4.28. The summed E-state index contributed by atoms with van der Waals surface area (Å²) in [6, 6.07) is 5.89. The molecule has 1 aromatic carbocycles. The second-order valence-corrected chi connectivity index (χ2v) is 7.10.